The van der Waals surface area contributed by atoms with Crippen LogP contribution in [0, 0.1) is 22.7 Å². The smallest absolute Gasteiger partial charge is 0.309 e. The van der Waals surface area contributed by atoms with Crippen molar-refractivity contribution in [2.24, 2.45) is 22.7 Å². The molecule has 2 saturated carbocycles. The third kappa shape index (κ3) is 3.16. The molecule has 0 aliphatic heterocycles. The zero-order chi connectivity index (χ0) is 17.3. The van der Waals surface area contributed by atoms with Crippen LogP contribution in [0.3, 0.4) is 0 Å². The van der Waals surface area contributed by atoms with Crippen molar-refractivity contribution in [2.75, 3.05) is 6.61 Å². The van der Waals surface area contributed by atoms with Crippen molar-refractivity contribution in [3.8, 4) is 0 Å². The summed E-state index contributed by atoms with van der Waals surface area (Å²) in [7, 11) is 0. The Hall–Kier alpha value is -1.35. The Morgan fingerprint density at radius 3 is 2.70 bits per heavy atom. The SMILES string of the molecule is C=C1CCC2C(C)(C(=O)O)CCCC2(C)C1/C=C/C(C)=C\CO. The number of hydrogen-bond acceptors (Lipinski definition) is 2. The van der Waals surface area contributed by atoms with Crippen LogP contribution in [0.5, 0.6) is 0 Å². The second kappa shape index (κ2) is 6.64. The summed E-state index contributed by atoms with van der Waals surface area (Å²) in [5, 5.41) is 18.8. The van der Waals surface area contributed by atoms with Gasteiger partial charge in [-0.2, -0.15) is 0 Å². The average molecular weight is 318 g/mol. The largest absolute Gasteiger partial charge is 0.481 e. The van der Waals surface area contributed by atoms with Gasteiger partial charge in [-0.15, -0.1) is 0 Å². The molecule has 23 heavy (non-hydrogen) atoms. The standard InChI is InChI=1S/C20H30O3/c1-14(10-13-21)6-8-16-15(2)7-9-17-19(16,3)11-5-12-20(17,4)18(22)23/h6,8,10,16-17,21H,2,5,7,9,11-13H2,1,3-4H3,(H,22,23)/b8-6+,14-10-. The molecule has 0 saturated heterocycles. The van der Waals surface area contributed by atoms with Gasteiger partial charge in [-0.1, -0.05) is 49.3 Å². The van der Waals surface area contributed by atoms with Crippen LogP contribution >= 0.6 is 0 Å². The van der Waals surface area contributed by atoms with Crippen LogP contribution < -0.4 is 0 Å². The maximum atomic E-state index is 11.9. The van der Waals surface area contributed by atoms with Gasteiger partial charge in [0, 0.05) is 5.92 Å². The predicted molar refractivity (Wildman–Crippen MR) is 93.0 cm³/mol. The first-order valence-corrected chi connectivity index (χ1v) is 8.62. The molecule has 2 fully saturated rings. The van der Waals surface area contributed by atoms with Crippen LogP contribution in [0.2, 0.25) is 0 Å². The highest BCUT2D eigenvalue weighted by atomic mass is 16.4. The van der Waals surface area contributed by atoms with Gasteiger partial charge in [0.15, 0.2) is 0 Å². The number of carbonyl (C=O) groups is 1. The molecule has 3 heteroatoms. The first kappa shape index (κ1) is 18.0. The molecule has 2 rings (SSSR count). The first-order valence-electron chi connectivity index (χ1n) is 8.62. The van der Waals surface area contributed by atoms with E-state index >= 15 is 0 Å². The summed E-state index contributed by atoms with van der Waals surface area (Å²) in [5.41, 5.74) is 1.57. The van der Waals surface area contributed by atoms with Crippen LogP contribution in [0.1, 0.15) is 52.9 Å². The fraction of sp³-hybridized carbons (Fsp3) is 0.650. The summed E-state index contributed by atoms with van der Waals surface area (Å²) >= 11 is 0. The monoisotopic (exact) mass is 318 g/mol. The first-order chi connectivity index (χ1) is 10.8. The Morgan fingerprint density at radius 1 is 1.39 bits per heavy atom. The van der Waals surface area contributed by atoms with Gasteiger partial charge in [-0.05, 0) is 50.9 Å². The van der Waals surface area contributed by atoms with E-state index in [2.05, 4.69) is 19.6 Å². The topological polar surface area (TPSA) is 57.5 Å². The molecule has 0 aromatic carbocycles. The molecule has 0 aromatic rings. The van der Waals surface area contributed by atoms with Crippen molar-refractivity contribution < 1.29 is 15.0 Å². The quantitative estimate of drug-likeness (QED) is 0.598. The molecule has 0 spiro atoms. The third-order valence-electron chi connectivity index (χ3n) is 6.33. The fourth-order valence-corrected chi connectivity index (χ4v) is 4.96. The molecule has 3 nitrogen and oxygen atoms in total. The highest BCUT2D eigenvalue weighted by molar-refractivity contribution is 5.75. The lowest BCUT2D eigenvalue weighted by Gasteiger charge is -2.56. The minimum Gasteiger partial charge on any atom is -0.481 e. The van der Waals surface area contributed by atoms with E-state index in [0.29, 0.717) is 0 Å². The number of aliphatic hydroxyl groups excluding tert-OH is 1. The molecular formula is C20H30O3. The van der Waals surface area contributed by atoms with E-state index in [9.17, 15) is 9.90 Å². The Balaban J connectivity index is 2.37. The molecular weight excluding hydrogens is 288 g/mol. The van der Waals surface area contributed by atoms with Crippen LogP contribution in [-0.2, 0) is 4.79 Å². The van der Waals surface area contributed by atoms with Crippen molar-refractivity contribution in [1.82, 2.24) is 0 Å². The van der Waals surface area contributed by atoms with Crippen LogP contribution in [0.25, 0.3) is 0 Å². The van der Waals surface area contributed by atoms with E-state index in [0.717, 1.165) is 37.7 Å². The maximum absolute atomic E-state index is 11.9. The van der Waals surface area contributed by atoms with Gasteiger partial charge < -0.3 is 10.2 Å². The molecule has 0 bridgehead atoms. The fourth-order valence-electron chi connectivity index (χ4n) is 4.96. The van der Waals surface area contributed by atoms with Crippen molar-refractivity contribution in [1.29, 1.82) is 0 Å². The highest BCUT2D eigenvalue weighted by Crippen LogP contribution is 2.61. The van der Waals surface area contributed by atoms with Crippen LogP contribution in [0.15, 0.2) is 36.0 Å². The molecule has 2 aliphatic rings. The lowest BCUT2D eigenvalue weighted by atomic mass is 9.47. The van der Waals surface area contributed by atoms with Crippen molar-refractivity contribution in [3.05, 3.63) is 36.0 Å². The number of aliphatic carboxylic acids is 1. The number of fused-ring (bicyclic) bond motifs is 1. The van der Waals surface area contributed by atoms with Crippen molar-refractivity contribution >= 4 is 5.97 Å². The minimum atomic E-state index is -0.653. The van der Waals surface area contributed by atoms with E-state index in [-0.39, 0.29) is 23.9 Å². The van der Waals surface area contributed by atoms with E-state index in [1.165, 1.54) is 5.57 Å². The Morgan fingerprint density at radius 2 is 2.09 bits per heavy atom. The summed E-state index contributed by atoms with van der Waals surface area (Å²) in [6, 6.07) is 0. The molecule has 2 N–H and O–H groups in total. The zero-order valence-corrected chi connectivity index (χ0v) is 14.6. The molecule has 0 radical (unpaired) electrons. The molecule has 0 aromatic heterocycles. The normalized spacial score (nSPS) is 38.6. The minimum absolute atomic E-state index is 0.0404. The van der Waals surface area contributed by atoms with E-state index < -0.39 is 11.4 Å². The van der Waals surface area contributed by atoms with Crippen molar-refractivity contribution in [3.63, 3.8) is 0 Å². The third-order valence-corrected chi connectivity index (χ3v) is 6.33. The van der Waals surface area contributed by atoms with Gasteiger partial charge in [-0.3, -0.25) is 4.79 Å². The second-order valence-electron chi connectivity index (χ2n) is 7.80. The van der Waals surface area contributed by atoms with Gasteiger partial charge >= 0.3 is 5.97 Å². The molecule has 0 heterocycles. The summed E-state index contributed by atoms with van der Waals surface area (Å²) in [5.74, 6) is -0.259. The maximum Gasteiger partial charge on any atom is 0.309 e. The van der Waals surface area contributed by atoms with Crippen molar-refractivity contribution in [2.45, 2.75) is 52.9 Å². The van der Waals surface area contributed by atoms with Gasteiger partial charge in [0.1, 0.15) is 0 Å². The van der Waals surface area contributed by atoms with Gasteiger partial charge in [0.25, 0.3) is 0 Å². The van der Waals surface area contributed by atoms with Gasteiger partial charge in [0.05, 0.1) is 12.0 Å². The number of aliphatic hydroxyl groups is 1. The Labute approximate surface area is 139 Å². The lowest BCUT2D eigenvalue weighted by molar-refractivity contribution is -0.162. The summed E-state index contributed by atoms with van der Waals surface area (Å²) in [6.07, 6.45) is 10.6. The molecule has 2 aliphatic carbocycles. The van der Waals surface area contributed by atoms with Crippen LogP contribution in [-0.4, -0.2) is 22.8 Å². The van der Waals surface area contributed by atoms with E-state index in [4.69, 9.17) is 5.11 Å². The van der Waals surface area contributed by atoms with Gasteiger partial charge in [0.2, 0.25) is 0 Å². The predicted octanol–water partition coefficient (Wildman–Crippen LogP) is 4.34. The number of rotatable bonds is 4. The highest BCUT2D eigenvalue weighted by Gasteiger charge is 2.56. The van der Waals surface area contributed by atoms with E-state index in [1.54, 1.807) is 6.08 Å². The number of hydrogen-bond donors (Lipinski definition) is 2. The summed E-state index contributed by atoms with van der Waals surface area (Å²) in [6.45, 7) is 10.5. The second-order valence-corrected chi connectivity index (χ2v) is 7.80. The van der Waals surface area contributed by atoms with Gasteiger partial charge in [-0.25, -0.2) is 0 Å². The van der Waals surface area contributed by atoms with E-state index in [1.807, 2.05) is 19.9 Å². The number of allylic oxidation sites excluding steroid dienone is 4. The summed E-state index contributed by atoms with van der Waals surface area (Å²) in [4.78, 5) is 11.9. The zero-order valence-electron chi connectivity index (χ0n) is 14.6. The molecule has 4 atom stereocenters. The number of carboxylic acid groups (broad SMARTS) is 1. The Kier molecular flexibility index (Phi) is 5.20. The van der Waals surface area contributed by atoms with Crippen LogP contribution in [0.4, 0.5) is 0 Å². The molecule has 4 unspecified atom stereocenters. The Bertz CT molecular complexity index is 545. The molecule has 0 amide bonds. The molecule has 128 valence electrons. The summed E-state index contributed by atoms with van der Waals surface area (Å²) < 4.78 is 0. The average Bonchev–Trinajstić information content (AvgIpc) is 2.46. The number of carboxylic acids is 1. The lowest BCUT2D eigenvalue weighted by Crippen LogP contribution is -2.53.